The highest BCUT2D eigenvalue weighted by Crippen LogP contribution is 2.02. The van der Waals surface area contributed by atoms with Gasteiger partial charge in [0.15, 0.2) is 0 Å². The molecular formula is C8H10NO3S-. The molecule has 0 spiro atoms. The van der Waals surface area contributed by atoms with Crippen molar-refractivity contribution in [3.8, 4) is 0 Å². The lowest BCUT2D eigenvalue weighted by Gasteiger charge is -2.13. The van der Waals surface area contributed by atoms with Gasteiger partial charge < -0.3 is 10.3 Å². The van der Waals surface area contributed by atoms with Gasteiger partial charge in [-0.15, -0.1) is 0 Å². The molecule has 0 saturated carbocycles. The molecule has 1 aromatic carbocycles. The summed E-state index contributed by atoms with van der Waals surface area (Å²) in [6.45, 7) is 0. The van der Waals surface area contributed by atoms with E-state index in [2.05, 4.69) is 4.18 Å². The van der Waals surface area contributed by atoms with Gasteiger partial charge in [0.2, 0.25) is 0 Å². The van der Waals surface area contributed by atoms with E-state index in [1.54, 1.807) is 0 Å². The van der Waals surface area contributed by atoms with Gasteiger partial charge in [0.05, 0.1) is 11.4 Å². The number of hydrogen-bond acceptors (Lipinski definition) is 4. The second kappa shape index (κ2) is 5.08. The first-order chi connectivity index (χ1) is 6.18. The molecule has 0 fully saturated rings. The molecule has 0 aliphatic rings. The van der Waals surface area contributed by atoms with Crippen LogP contribution in [-0.2, 0) is 22.0 Å². The summed E-state index contributed by atoms with van der Waals surface area (Å²) >= 11 is -2.54. The Hall–Kier alpha value is -0.750. The molecule has 4 nitrogen and oxygen atoms in total. The molecule has 5 heteroatoms. The molecular weight excluding hydrogens is 190 g/mol. The van der Waals surface area contributed by atoms with E-state index < -0.39 is 17.6 Å². The Bertz CT molecular complexity index is 278. The van der Waals surface area contributed by atoms with Crippen molar-refractivity contribution in [1.29, 1.82) is 0 Å². The van der Waals surface area contributed by atoms with E-state index in [9.17, 15) is 8.76 Å². The molecule has 72 valence electrons. The van der Waals surface area contributed by atoms with Crippen molar-refractivity contribution in [1.82, 2.24) is 0 Å². The third-order valence-electron chi connectivity index (χ3n) is 1.48. The van der Waals surface area contributed by atoms with Crippen molar-refractivity contribution < 1.29 is 12.9 Å². The number of benzene rings is 1. The lowest BCUT2D eigenvalue weighted by Crippen LogP contribution is -2.27. The molecule has 2 N–H and O–H groups in total. The fourth-order valence-corrected chi connectivity index (χ4v) is 1.25. The summed E-state index contributed by atoms with van der Waals surface area (Å²) in [7, 11) is 0. The quantitative estimate of drug-likeness (QED) is 0.561. The molecule has 1 rings (SSSR count). The molecule has 0 aliphatic carbocycles. The van der Waals surface area contributed by atoms with Crippen LogP contribution in [0.2, 0.25) is 0 Å². The van der Waals surface area contributed by atoms with Gasteiger partial charge in [0.25, 0.3) is 0 Å². The lowest BCUT2D eigenvalue weighted by atomic mass is 10.1. The Balaban J connectivity index is 2.45. The van der Waals surface area contributed by atoms with E-state index in [-0.39, 0.29) is 0 Å². The van der Waals surface area contributed by atoms with Crippen molar-refractivity contribution in [2.45, 2.75) is 12.6 Å². The molecule has 2 atom stereocenters. The maximum Gasteiger partial charge on any atom is 0.125 e. The van der Waals surface area contributed by atoms with Gasteiger partial charge in [-0.1, -0.05) is 30.3 Å². The Labute approximate surface area is 79.2 Å². The van der Waals surface area contributed by atoms with Crippen LogP contribution in [0.25, 0.3) is 0 Å². The highest BCUT2D eigenvalue weighted by atomic mass is 32.2. The van der Waals surface area contributed by atoms with Gasteiger partial charge in [-0.25, -0.2) is 4.21 Å². The Kier molecular flexibility index (Phi) is 4.04. The van der Waals surface area contributed by atoms with Gasteiger partial charge in [-0.3, -0.25) is 4.18 Å². The van der Waals surface area contributed by atoms with Crippen molar-refractivity contribution >= 4 is 11.4 Å². The first-order valence-corrected chi connectivity index (χ1v) is 4.74. The lowest BCUT2D eigenvalue weighted by molar-refractivity contribution is 0.208. The third kappa shape index (κ3) is 4.14. The average Bonchev–Trinajstić information content (AvgIpc) is 2.04. The maximum atomic E-state index is 10.1. The number of nitrogens with two attached hydrogens (primary N) is 1. The Morgan fingerprint density at radius 1 is 1.46 bits per heavy atom. The van der Waals surface area contributed by atoms with E-state index >= 15 is 0 Å². The first-order valence-electron chi connectivity index (χ1n) is 3.74. The zero-order valence-electron chi connectivity index (χ0n) is 6.88. The fraction of sp³-hybridized carbons (Fsp3) is 0.250. The number of rotatable bonds is 4. The maximum absolute atomic E-state index is 10.1. The highest BCUT2D eigenvalue weighted by molar-refractivity contribution is 7.74. The molecule has 0 aromatic heterocycles. The first kappa shape index (κ1) is 10.3. The van der Waals surface area contributed by atoms with Gasteiger partial charge in [0, 0.05) is 6.42 Å². The monoisotopic (exact) mass is 200 g/mol. The summed E-state index contributed by atoms with van der Waals surface area (Å²) in [5, 5.41) is 0. The van der Waals surface area contributed by atoms with Crippen molar-refractivity contribution in [2.75, 3.05) is 0 Å². The minimum atomic E-state index is -2.54. The SMILES string of the molecule is NC(Cc1ccccc1)OS(=O)[O-]. The average molecular weight is 200 g/mol. The van der Waals surface area contributed by atoms with Crippen LogP contribution in [0.15, 0.2) is 30.3 Å². The van der Waals surface area contributed by atoms with Crippen LogP contribution in [0.1, 0.15) is 5.56 Å². The van der Waals surface area contributed by atoms with Crippen LogP contribution in [0.5, 0.6) is 0 Å². The van der Waals surface area contributed by atoms with Crippen LogP contribution >= 0.6 is 0 Å². The fourth-order valence-electron chi connectivity index (χ4n) is 0.981. The van der Waals surface area contributed by atoms with E-state index in [1.807, 2.05) is 30.3 Å². The van der Waals surface area contributed by atoms with Crippen LogP contribution in [0, 0.1) is 0 Å². The van der Waals surface area contributed by atoms with Gasteiger partial charge >= 0.3 is 0 Å². The standard InChI is InChI=1S/C8H11NO3S/c9-8(12-13(10)11)6-7-4-2-1-3-5-7/h1-5,8H,6,9H2,(H,10,11)/p-1. The minimum absolute atomic E-state index is 0.384. The predicted octanol–water partition coefficient (Wildman–Crippen LogP) is 0.325. The molecule has 0 saturated heterocycles. The molecule has 13 heavy (non-hydrogen) atoms. The summed E-state index contributed by atoms with van der Waals surface area (Å²) in [5.41, 5.74) is 6.34. The molecule has 2 unspecified atom stereocenters. The van der Waals surface area contributed by atoms with Crippen molar-refractivity contribution in [3.05, 3.63) is 35.9 Å². The summed E-state index contributed by atoms with van der Waals surface area (Å²) in [5.74, 6) is 0. The highest BCUT2D eigenvalue weighted by Gasteiger charge is 2.03. The van der Waals surface area contributed by atoms with Gasteiger partial charge in [-0.05, 0) is 5.56 Å². The van der Waals surface area contributed by atoms with Gasteiger partial charge in [-0.2, -0.15) is 0 Å². The van der Waals surface area contributed by atoms with Crippen molar-refractivity contribution in [3.63, 3.8) is 0 Å². The second-order valence-electron chi connectivity index (χ2n) is 2.53. The van der Waals surface area contributed by atoms with Gasteiger partial charge in [0.1, 0.15) is 6.23 Å². The summed E-state index contributed by atoms with van der Waals surface area (Å²) < 4.78 is 24.5. The number of hydrogen-bond donors (Lipinski definition) is 1. The van der Waals surface area contributed by atoms with E-state index in [0.29, 0.717) is 6.42 Å². The Morgan fingerprint density at radius 2 is 2.08 bits per heavy atom. The van der Waals surface area contributed by atoms with Crippen LogP contribution in [0.3, 0.4) is 0 Å². The zero-order valence-corrected chi connectivity index (χ0v) is 7.70. The summed E-state index contributed by atoms with van der Waals surface area (Å²) in [6, 6.07) is 9.31. The summed E-state index contributed by atoms with van der Waals surface area (Å²) in [4.78, 5) is 0. The molecule has 0 amide bonds. The zero-order chi connectivity index (χ0) is 9.68. The predicted molar refractivity (Wildman–Crippen MR) is 48.1 cm³/mol. The molecule has 1 aromatic rings. The second-order valence-corrected chi connectivity index (χ2v) is 3.13. The summed E-state index contributed by atoms with van der Waals surface area (Å²) in [6.07, 6.45) is -0.421. The van der Waals surface area contributed by atoms with E-state index in [4.69, 9.17) is 5.73 Å². The molecule has 0 radical (unpaired) electrons. The smallest absolute Gasteiger partial charge is 0.125 e. The van der Waals surface area contributed by atoms with Crippen LogP contribution in [0.4, 0.5) is 0 Å². The van der Waals surface area contributed by atoms with E-state index in [0.717, 1.165) is 5.56 Å². The Morgan fingerprint density at radius 3 is 2.62 bits per heavy atom. The third-order valence-corrected chi connectivity index (χ3v) is 1.89. The van der Waals surface area contributed by atoms with Crippen LogP contribution in [-0.4, -0.2) is 15.0 Å². The largest absolute Gasteiger partial charge is 0.750 e. The minimum Gasteiger partial charge on any atom is -0.750 e. The van der Waals surface area contributed by atoms with Crippen LogP contribution < -0.4 is 5.73 Å². The normalized spacial score (nSPS) is 15.2. The van der Waals surface area contributed by atoms with E-state index in [1.165, 1.54) is 0 Å². The van der Waals surface area contributed by atoms with Crippen molar-refractivity contribution in [2.24, 2.45) is 5.73 Å². The topological polar surface area (TPSA) is 75.4 Å². The molecule has 0 heterocycles. The molecule has 0 bridgehead atoms. The molecule has 0 aliphatic heterocycles.